The molecule has 5 heterocycles. The molecule has 3 fully saturated rings. The van der Waals surface area contributed by atoms with Gasteiger partial charge >= 0.3 is 11.9 Å². The minimum Gasteiger partial charge on any atom is -0.481 e. The number of carbonyl (C=O) groups is 2. The van der Waals surface area contributed by atoms with Gasteiger partial charge in [-0.1, -0.05) is 26.0 Å². The smallest absolute Gasteiger partial charge is 0.349 e. The SMILES string of the molecule is CC1[C@@H]2C3(CC(=O)O)[C@H](OC(=O)C(O)(c4cccs4)c4cccs4)C[C@H]([C@H]1C)[N+]23C. The number of hydrogen-bond donors (Lipinski definition) is 2. The molecule has 0 amide bonds. The molecule has 6 nitrogen and oxygen atoms in total. The summed E-state index contributed by atoms with van der Waals surface area (Å²) in [5.74, 6) is -0.755. The van der Waals surface area contributed by atoms with E-state index in [4.69, 9.17) is 4.74 Å². The van der Waals surface area contributed by atoms with E-state index in [1.807, 2.05) is 10.8 Å². The number of ether oxygens (including phenoxy) is 1. The Morgan fingerprint density at radius 1 is 1.20 bits per heavy atom. The average molecular weight is 449 g/mol. The molecular weight excluding hydrogens is 422 g/mol. The van der Waals surface area contributed by atoms with Crippen molar-refractivity contribution in [1.29, 1.82) is 0 Å². The minimum absolute atomic E-state index is 0.0178. The molecule has 8 heteroatoms. The number of esters is 1. The van der Waals surface area contributed by atoms with Crippen molar-refractivity contribution in [2.75, 3.05) is 7.05 Å². The topological polar surface area (TPSA) is 83.8 Å². The Hall–Kier alpha value is -1.74. The van der Waals surface area contributed by atoms with E-state index in [1.54, 1.807) is 24.3 Å². The van der Waals surface area contributed by atoms with E-state index in [1.165, 1.54) is 22.7 Å². The summed E-state index contributed by atoms with van der Waals surface area (Å²) in [5, 5.41) is 24.9. The fourth-order valence-electron chi connectivity index (χ4n) is 6.92. The van der Waals surface area contributed by atoms with E-state index >= 15 is 0 Å². The highest BCUT2D eigenvalue weighted by molar-refractivity contribution is 7.12. The Morgan fingerprint density at radius 3 is 2.27 bits per heavy atom. The summed E-state index contributed by atoms with van der Waals surface area (Å²) in [6.07, 6.45) is 0.110. The molecule has 160 valence electrons. The highest BCUT2D eigenvalue weighted by Crippen LogP contribution is 2.72. The second kappa shape index (κ2) is 6.38. The van der Waals surface area contributed by atoms with Crippen LogP contribution in [0, 0.1) is 11.8 Å². The minimum atomic E-state index is -1.87. The number of thiophene rings is 2. The first kappa shape index (κ1) is 20.2. The predicted octanol–water partition coefficient (Wildman–Crippen LogP) is 3.06. The summed E-state index contributed by atoms with van der Waals surface area (Å²) in [6, 6.07) is 7.52. The molecule has 2 aromatic rings. The molecule has 3 saturated heterocycles. The molecule has 3 aliphatic heterocycles. The molecule has 0 bridgehead atoms. The second-order valence-electron chi connectivity index (χ2n) is 9.23. The van der Waals surface area contributed by atoms with Crippen LogP contribution in [0.3, 0.4) is 0 Å². The number of aliphatic hydroxyl groups is 1. The molecule has 0 aliphatic carbocycles. The first-order valence-electron chi connectivity index (χ1n) is 10.3. The van der Waals surface area contributed by atoms with E-state index in [9.17, 15) is 19.8 Å². The molecule has 5 rings (SSSR count). The number of rotatable bonds is 6. The molecule has 0 radical (unpaired) electrons. The van der Waals surface area contributed by atoms with Crippen molar-refractivity contribution in [3.05, 3.63) is 44.8 Å². The lowest BCUT2D eigenvalue weighted by Crippen LogP contribution is -2.45. The van der Waals surface area contributed by atoms with Crippen LogP contribution in [0.25, 0.3) is 0 Å². The lowest BCUT2D eigenvalue weighted by atomic mass is 9.85. The number of likely N-dealkylation sites (N-methyl/N-ethyl adjacent to an activating group) is 1. The highest BCUT2D eigenvalue weighted by Gasteiger charge is 2.93. The van der Waals surface area contributed by atoms with Crippen molar-refractivity contribution in [2.24, 2.45) is 11.8 Å². The Bertz CT molecular complexity index is 955. The number of nitrogens with zero attached hydrogens (tertiary/aromatic N) is 1. The number of aliphatic carboxylic acids is 1. The number of carboxylic acid groups (broad SMARTS) is 1. The number of carbonyl (C=O) groups excluding carboxylic acids is 1. The lowest BCUT2D eigenvalue weighted by molar-refractivity contribution is -0.828. The van der Waals surface area contributed by atoms with Crippen LogP contribution in [0.1, 0.15) is 36.4 Å². The van der Waals surface area contributed by atoms with Gasteiger partial charge in [0.25, 0.3) is 0 Å². The summed E-state index contributed by atoms with van der Waals surface area (Å²) in [7, 11) is 2.12. The van der Waals surface area contributed by atoms with E-state index in [0.29, 0.717) is 32.5 Å². The quantitative estimate of drug-likeness (QED) is 0.403. The van der Waals surface area contributed by atoms with Crippen LogP contribution in [-0.2, 0) is 19.9 Å². The third kappa shape index (κ3) is 2.25. The van der Waals surface area contributed by atoms with Gasteiger partial charge in [-0.25, -0.2) is 4.79 Å². The molecule has 0 aromatic carbocycles. The van der Waals surface area contributed by atoms with Gasteiger partial charge in [0.15, 0.2) is 17.7 Å². The van der Waals surface area contributed by atoms with E-state index < -0.39 is 29.2 Å². The zero-order chi connectivity index (χ0) is 21.5. The zero-order valence-electron chi connectivity index (χ0n) is 17.1. The van der Waals surface area contributed by atoms with Gasteiger partial charge in [-0.3, -0.25) is 4.79 Å². The molecule has 2 aromatic heterocycles. The third-order valence-electron chi connectivity index (χ3n) is 8.29. The first-order valence-corrected chi connectivity index (χ1v) is 12.0. The molecule has 3 unspecified atom stereocenters. The summed E-state index contributed by atoms with van der Waals surface area (Å²) < 4.78 is 6.75. The van der Waals surface area contributed by atoms with Crippen LogP contribution in [0.15, 0.2) is 35.0 Å². The average Bonchev–Trinajstić information content (AvgIpc) is 3.30. The zero-order valence-corrected chi connectivity index (χ0v) is 18.8. The van der Waals surface area contributed by atoms with Gasteiger partial charge in [0.05, 0.1) is 22.8 Å². The largest absolute Gasteiger partial charge is 0.481 e. The summed E-state index contributed by atoms with van der Waals surface area (Å²) in [5.41, 5.74) is -2.46. The van der Waals surface area contributed by atoms with Crippen LogP contribution < -0.4 is 0 Å². The Labute approximate surface area is 183 Å². The molecule has 30 heavy (non-hydrogen) atoms. The molecular formula is C22H26NO5S2+. The maximum absolute atomic E-state index is 13.5. The standard InChI is InChI=1S/C22H25NO5S2/c1-12-13(2)19-21(11-18(24)25)15(10-14(12)23(19,21)3)28-20(26)22(27,16-6-4-8-29-16)17-7-5-9-30-17/h4-9,12-15,19,27H,10-11H2,1-3H3/p+1/t12-,13?,14+,15+,19+,21?,23?/m0/s1. The number of hydrogen-bond acceptors (Lipinski definition) is 6. The van der Waals surface area contributed by atoms with Crippen LogP contribution in [0.4, 0.5) is 0 Å². The normalized spacial score (nSPS) is 39.0. The molecule has 3 aliphatic rings. The van der Waals surface area contributed by atoms with Crippen molar-refractivity contribution >= 4 is 34.6 Å². The Balaban J connectivity index is 1.51. The van der Waals surface area contributed by atoms with Crippen molar-refractivity contribution in [3.8, 4) is 0 Å². The van der Waals surface area contributed by atoms with Crippen LogP contribution in [-0.4, -0.2) is 57.4 Å². The number of fused-ring (bicyclic) bond motifs is 1. The fourth-order valence-corrected chi connectivity index (χ4v) is 8.64. The third-order valence-corrected chi connectivity index (χ3v) is 10.2. The maximum atomic E-state index is 13.5. The number of piperidine rings is 2. The van der Waals surface area contributed by atoms with Crippen LogP contribution in [0.5, 0.6) is 0 Å². The van der Waals surface area contributed by atoms with Gasteiger partial charge in [0.2, 0.25) is 5.60 Å². The Morgan fingerprint density at radius 2 is 1.80 bits per heavy atom. The number of carboxylic acids is 1. The van der Waals surface area contributed by atoms with Gasteiger partial charge < -0.3 is 19.4 Å². The van der Waals surface area contributed by atoms with Gasteiger partial charge in [0, 0.05) is 18.3 Å². The molecule has 0 spiro atoms. The summed E-state index contributed by atoms with van der Waals surface area (Å²) in [6.45, 7) is 4.40. The Kier molecular flexibility index (Phi) is 4.29. The fraction of sp³-hybridized carbons (Fsp3) is 0.545. The maximum Gasteiger partial charge on any atom is 0.349 e. The summed E-state index contributed by atoms with van der Waals surface area (Å²) in [4.78, 5) is 26.3. The second-order valence-corrected chi connectivity index (χ2v) is 11.1. The van der Waals surface area contributed by atoms with E-state index in [-0.39, 0.29) is 18.5 Å². The van der Waals surface area contributed by atoms with Gasteiger partial charge in [-0.15, -0.1) is 22.7 Å². The van der Waals surface area contributed by atoms with Crippen molar-refractivity contribution in [1.82, 2.24) is 0 Å². The van der Waals surface area contributed by atoms with Crippen LogP contribution >= 0.6 is 22.7 Å². The monoisotopic (exact) mass is 448 g/mol. The van der Waals surface area contributed by atoms with Crippen molar-refractivity contribution < 1.29 is 29.0 Å². The molecule has 2 N–H and O–H groups in total. The van der Waals surface area contributed by atoms with Gasteiger partial charge in [0.1, 0.15) is 6.42 Å². The molecule has 7 atom stereocenters. The van der Waals surface area contributed by atoms with Crippen molar-refractivity contribution in [2.45, 2.75) is 56.0 Å². The first-order chi connectivity index (χ1) is 14.2. The van der Waals surface area contributed by atoms with Gasteiger partial charge in [-0.05, 0) is 22.9 Å². The number of quaternary nitrogens is 1. The van der Waals surface area contributed by atoms with Gasteiger partial charge in [-0.2, -0.15) is 0 Å². The van der Waals surface area contributed by atoms with Crippen LogP contribution in [0.2, 0.25) is 0 Å². The van der Waals surface area contributed by atoms with Crippen molar-refractivity contribution in [3.63, 3.8) is 0 Å². The highest BCUT2D eigenvalue weighted by atomic mass is 32.1. The predicted molar refractivity (Wildman–Crippen MR) is 113 cm³/mol. The molecule has 0 saturated carbocycles. The summed E-state index contributed by atoms with van der Waals surface area (Å²) >= 11 is 2.61. The van der Waals surface area contributed by atoms with E-state index in [0.717, 1.165) is 0 Å². The lowest BCUT2D eigenvalue weighted by Gasteiger charge is -2.27. The van der Waals surface area contributed by atoms with E-state index in [2.05, 4.69) is 20.9 Å².